The fourth-order valence-electron chi connectivity index (χ4n) is 5.89. The Morgan fingerprint density at radius 2 is 1.56 bits per heavy atom. The van der Waals surface area contributed by atoms with Crippen molar-refractivity contribution in [3.8, 4) is 23.0 Å². The second kappa shape index (κ2) is 13.0. The van der Waals surface area contributed by atoms with Crippen molar-refractivity contribution in [2.24, 2.45) is 0 Å². The Morgan fingerprint density at radius 1 is 0.860 bits per heavy atom. The van der Waals surface area contributed by atoms with Crippen LogP contribution in [0.3, 0.4) is 0 Å². The second-order valence-corrected chi connectivity index (χ2v) is 11.3. The van der Waals surface area contributed by atoms with Crippen LogP contribution in [0.2, 0.25) is 0 Å². The van der Waals surface area contributed by atoms with E-state index in [-0.39, 0.29) is 24.7 Å². The lowest BCUT2D eigenvalue weighted by atomic mass is 9.71. The molecule has 43 heavy (non-hydrogen) atoms. The fraction of sp³-hybridized carbons (Fsp3) is 0.294. The van der Waals surface area contributed by atoms with E-state index in [1.807, 2.05) is 67.6 Å². The molecule has 3 aromatic rings. The van der Waals surface area contributed by atoms with Gasteiger partial charge in [-0.1, -0.05) is 36.4 Å². The van der Waals surface area contributed by atoms with E-state index in [1.54, 1.807) is 28.4 Å². The molecule has 0 fully saturated rings. The molecular weight excluding hydrogens is 614 g/mol. The number of halogens is 1. The average molecular weight is 649 g/mol. The van der Waals surface area contributed by atoms with Gasteiger partial charge in [-0.15, -0.1) is 0 Å². The number of benzene rings is 3. The van der Waals surface area contributed by atoms with Crippen molar-refractivity contribution in [3.63, 3.8) is 0 Å². The van der Waals surface area contributed by atoms with Gasteiger partial charge >= 0.3 is 5.97 Å². The molecule has 3 aromatic carbocycles. The topological polar surface area (TPSA) is 92.3 Å². The number of nitrogens with one attached hydrogen (secondary N) is 1. The van der Waals surface area contributed by atoms with Crippen molar-refractivity contribution in [1.29, 1.82) is 0 Å². The molecule has 0 bridgehead atoms. The molecule has 2 aliphatic rings. The first-order valence-electron chi connectivity index (χ1n) is 13.9. The third kappa shape index (κ3) is 5.99. The normalized spacial score (nSPS) is 18.0. The van der Waals surface area contributed by atoms with Crippen LogP contribution in [0, 0.1) is 0 Å². The maximum absolute atomic E-state index is 14.1. The van der Waals surface area contributed by atoms with Gasteiger partial charge in [0.1, 0.15) is 6.61 Å². The molecule has 0 unspecified atom stereocenters. The van der Waals surface area contributed by atoms with Gasteiger partial charge in [0, 0.05) is 29.3 Å². The van der Waals surface area contributed by atoms with E-state index >= 15 is 0 Å². The molecular formula is C34H34BrNO7. The zero-order valence-corrected chi connectivity index (χ0v) is 26.4. The van der Waals surface area contributed by atoms with Crippen molar-refractivity contribution in [2.75, 3.05) is 28.4 Å². The lowest BCUT2D eigenvalue weighted by Crippen LogP contribution is -2.36. The molecule has 0 aromatic heterocycles. The number of ether oxygens (including phenoxy) is 5. The molecule has 1 aliphatic carbocycles. The van der Waals surface area contributed by atoms with E-state index in [4.69, 9.17) is 23.7 Å². The van der Waals surface area contributed by atoms with Gasteiger partial charge in [-0.25, -0.2) is 4.79 Å². The Bertz CT molecular complexity index is 1610. The number of allylic oxidation sites excluding steroid dienone is 3. The summed E-state index contributed by atoms with van der Waals surface area (Å²) in [5, 5.41) is 3.41. The van der Waals surface area contributed by atoms with Gasteiger partial charge in [-0.05, 0) is 76.1 Å². The lowest BCUT2D eigenvalue weighted by Gasteiger charge is -2.37. The van der Waals surface area contributed by atoms with Crippen molar-refractivity contribution in [3.05, 3.63) is 104 Å². The van der Waals surface area contributed by atoms with E-state index < -0.39 is 11.9 Å². The van der Waals surface area contributed by atoms with Gasteiger partial charge in [0.2, 0.25) is 0 Å². The Morgan fingerprint density at radius 3 is 2.23 bits per heavy atom. The van der Waals surface area contributed by atoms with Crippen molar-refractivity contribution in [2.45, 2.75) is 38.2 Å². The number of carbonyl (C=O) groups excluding carboxylic acids is 2. The molecule has 0 spiro atoms. The van der Waals surface area contributed by atoms with E-state index in [0.717, 1.165) is 16.8 Å². The van der Waals surface area contributed by atoms with Gasteiger partial charge in [0.15, 0.2) is 28.8 Å². The molecule has 2 atom stereocenters. The third-order valence-electron chi connectivity index (χ3n) is 7.93. The van der Waals surface area contributed by atoms with Crippen LogP contribution >= 0.6 is 15.9 Å². The van der Waals surface area contributed by atoms with Crippen LogP contribution in [-0.4, -0.2) is 40.2 Å². The van der Waals surface area contributed by atoms with Crippen LogP contribution in [0.25, 0.3) is 0 Å². The van der Waals surface area contributed by atoms with E-state index in [1.165, 1.54) is 0 Å². The monoisotopic (exact) mass is 647 g/mol. The molecule has 8 nitrogen and oxygen atoms in total. The first-order valence-corrected chi connectivity index (χ1v) is 14.7. The first kappa shape index (κ1) is 30.2. The Balaban J connectivity index is 1.57. The smallest absolute Gasteiger partial charge is 0.337 e. The molecule has 0 radical (unpaired) electrons. The molecule has 1 N–H and O–H groups in total. The van der Waals surface area contributed by atoms with Crippen LogP contribution in [0.5, 0.6) is 23.0 Å². The minimum atomic E-state index is -0.672. The second-order valence-electron chi connectivity index (χ2n) is 10.4. The average Bonchev–Trinajstić information content (AvgIpc) is 3.02. The summed E-state index contributed by atoms with van der Waals surface area (Å²) in [5.74, 6) is 0.930. The largest absolute Gasteiger partial charge is 0.493 e. The SMILES string of the molecule is COc1ccc([C@H]2CC(=O)C3=C(C2)NC(C)=C(C(=O)OCc2ccccc2)[C@@H]3c2cc(Br)c(OC)c(OC)c2)cc1OC. The van der Waals surface area contributed by atoms with Crippen molar-refractivity contribution < 1.29 is 33.3 Å². The highest BCUT2D eigenvalue weighted by atomic mass is 79.9. The predicted octanol–water partition coefficient (Wildman–Crippen LogP) is 6.59. The molecule has 0 amide bonds. The Labute approximate surface area is 259 Å². The summed E-state index contributed by atoms with van der Waals surface area (Å²) < 4.78 is 28.5. The van der Waals surface area contributed by atoms with Crippen LogP contribution in [0.4, 0.5) is 0 Å². The van der Waals surface area contributed by atoms with Gasteiger partial charge in [0.25, 0.3) is 0 Å². The maximum atomic E-state index is 14.1. The minimum absolute atomic E-state index is 0.0506. The Hall–Kier alpha value is -4.24. The molecule has 5 rings (SSSR count). The quantitative estimate of drug-likeness (QED) is 0.260. The van der Waals surface area contributed by atoms with Crippen molar-refractivity contribution in [1.82, 2.24) is 5.32 Å². The number of hydrogen-bond donors (Lipinski definition) is 1. The highest BCUT2D eigenvalue weighted by Crippen LogP contribution is 2.49. The lowest BCUT2D eigenvalue weighted by molar-refractivity contribution is -0.140. The molecule has 9 heteroatoms. The van der Waals surface area contributed by atoms with E-state index in [2.05, 4.69) is 21.2 Å². The number of methoxy groups -OCH3 is 4. The third-order valence-corrected chi connectivity index (χ3v) is 8.52. The highest BCUT2D eigenvalue weighted by Gasteiger charge is 2.42. The molecule has 224 valence electrons. The number of ketones is 1. The molecule has 1 heterocycles. The predicted molar refractivity (Wildman–Crippen MR) is 166 cm³/mol. The standard InChI is InChI=1S/C34H34BrNO7/c1-19-30(34(38)43-18-20-9-7-6-8-10-20)31(23-13-24(35)33(42-5)29(17-23)41-4)32-25(36-19)14-22(15-26(32)37)21-11-12-27(39-2)28(16-21)40-3/h6-13,16-17,22,31,36H,14-15,18H2,1-5H3/t22-,31+/m1/s1. The number of Topliss-reactive ketones (excluding diaryl/α,β-unsaturated/α-hetero) is 1. The number of dihydropyridines is 1. The summed E-state index contributed by atoms with van der Waals surface area (Å²) in [6, 6.07) is 18.9. The van der Waals surface area contributed by atoms with Crippen LogP contribution in [-0.2, 0) is 20.9 Å². The summed E-state index contributed by atoms with van der Waals surface area (Å²) in [7, 11) is 6.30. The van der Waals surface area contributed by atoms with Crippen LogP contribution in [0.15, 0.2) is 87.7 Å². The van der Waals surface area contributed by atoms with Crippen molar-refractivity contribution >= 4 is 27.7 Å². The minimum Gasteiger partial charge on any atom is -0.493 e. The van der Waals surface area contributed by atoms with Gasteiger partial charge in [-0.3, -0.25) is 4.79 Å². The summed E-state index contributed by atoms with van der Waals surface area (Å²) in [6.07, 6.45) is 0.845. The van der Waals surface area contributed by atoms with Gasteiger partial charge in [0.05, 0.1) is 38.5 Å². The van der Waals surface area contributed by atoms with Crippen LogP contribution in [0.1, 0.15) is 48.3 Å². The molecule has 1 aliphatic heterocycles. The Kier molecular flexibility index (Phi) is 9.11. The summed E-state index contributed by atoms with van der Waals surface area (Å²) >= 11 is 3.59. The molecule has 0 saturated carbocycles. The zero-order chi connectivity index (χ0) is 30.7. The number of carbonyl (C=O) groups is 2. The van der Waals surface area contributed by atoms with Crippen LogP contribution < -0.4 is 24.3 Å². The first-order chi connectivity index (χ1) is 20.8. The van der Waals surface area contributed by atoms with E-state index in [0.29, 0.717) is 56.3 Å². The van der Waals surface area contributed by atoms with E-state index in [9.17, 15) is 9.59 Å². The summed E-state index contributed by atoms with van der Waals surface area (Å²) in [6.45, 7) is 1.95. The number of hydrogen-bond acceptors (Lipinski definition) is 8. The zero-order valence-electron chi connectivity index (χ0n) is 24.8. The summed E-state index contributed by atoms with van der Waals surface area (Å²) in [4.78, 5) is 27.9. The number of rotatable bonds is 9. The molecule has 0 saturated heterocycles. The van der Waals surface area contributed by atoms with Gasteiger partial charge in [-0.2, -0.15) is 0 Å². The maximum Gasteiger partial charge on any atom is 0.337 e. The van der Waals surface area contributed by atoms with Gasteiger partial charge < -0.3 is 29.0 Å². The summed E-state index contributed by atoms with van der Waals surface area (Å²) in [5.41, 5.74) is 4.90. The fourth-order valence-corrected chi connectivity index (χ4v) is 6.51. The highest BCUT2D eigenvalue weighted by molar-refractivity contribution is 9.10. The number of esters is 1.